The number of hydrogen-bond donors (Lipinski definition) is 2. The number of phenolic OH excluding ortho intramolecular Hbond substituents is 2. The van der Waals surface area contributed by atoms with Crippen LogP contribution in [0.1, 0.15) is 167 Å². The number of benzene rings is 6. The summed E-state index contributed by atoms with van der Waals surface area (Å²) in [5, 5.41) is 22.7. The van der Waals surface area contributed by atoms with Gasteiger partial charge in [-0.1, -0.05) is 182 Å². The normalized spacial score (nSPS) is 14.0. The van der Waals surface area contributed by atoms with Gasteiger partial charge in [-0.05, 0) is 165 Å². The SMILES string of the molecule is Cc1cc(-c2ccc3c(c2)C(CC(C)C)(CC(C)C)c2ccccc2-3)c(O)c(C(C)(C)C)c1.Cc1cc(-c2ccc3c(c2)C(CC(C)C)(CC(C)C)c2ccccc2-3)c(O)c(C(C)(C)C)c1.[CH3-].[CH3-].[Ti+2]. The minimum atomic E-state index is -0.114. The molecule has 0 unspecified atom stereocenters. The van der Waals surface area contributed by atoms with E-state index in [1.807, 2.05) is 0 Å². The van der Waals surface area contributed by atoms with Crippen molar-refractivity contribution in [3.05, 3.63) is 169 Å². The van der Waals surface area contributed by atoms with Crippen LogP contribution in [0.5, 0.6) is 11.5 Å². The smallest absolute Gasteiger partial charge is 0.507 e. The summed E-state index contributed by atoms with van der Waals surface area (Å²) in [5.41, 5.74) is 19.6. The van der Waals surface area contributed by atoms with Crippen molar-refractivity contribution in [2.45, 2.75) is 158 Å². The van der Waals surface area contributed by atoms with Gasteiger partial charge in [0.05, 0.1) is 0 Å². The number of rotatable bonds is 10. The maximum atomic E-state index is 11.3. The summed E-state index contributed by atoms with van der Waals surface area (Å²) in [6.07, 6.45) is 4.52. The van der Waals surface area contributed by atoms with Crippen molar-refractivity contribution in [2.75, 3.05) is 0 Å². The Labute approximate surface area is 435 Å². The third-order valence-corrected chi connectivity index (χ3v) is 14.3. The van der Waals surface area contributed by atoms with Crippen molar-refractivity contribution in [2.24, 2.45) is 23.7 Å². The van der Waals surface area contributed by atoms with Gasteiger partial charge in [0.2, 0.25) is 0 Å². The quantitative estimate of drug-likeness (QED) is 0.106. The second kappa shape index (κ2) is 21.5. The standard InChI is InChI=1S/2C32H40O.2CH3.Ti/c2*1-20(2)18-32(19-21(3)4)27-12-10-9-11-24(27)25-14-13-23(17-28(25)32)26-15-22(5)16-29(30(26)33)31(6,7)8;;;/h2*9-17,20-21,33H,18-19H2,1-8H3;2*1H3;/q;;2*-1;+2. The number of aryl methyl sites for hydroxylation is 2. The fourth-order valence-corrected chi connectivity index (χ4v) is 12.2. The Morgan fingerprint density at radius 3 is 0.971 bits per heavy atom. The van der Waals surface area contributed by atoms with E-state index in [9.17, 15) is 10.2 Å². The molecule has 6 aromatic rings. The van der Waals surface area contributed by atoms with Crippen molar-refractivity contribution < 1.29 is 31.9 Å². The van der Waals surface area contributed by atoms with Crippen molar-refractivity contribution in [3.8, 4) is 56.0 Å². The van der Waals surface area contributed by atoms with Crippen LogP contribution in [0.4, 0.5) is 0 Å². The molecule has 0 spiro atoms. The Hall–Kier alpha value is -4.37. The molecular weight excluding hydrogens is 873 g/mol. The van der Waals surface area contributed by atoms with Crippen molar-refractivity contribution in [3.63, 3.8) is 0 Å². The van der Waals surface area contributed by atoms with E-state index in [2.05, 4.69) is 220 Å². The molecule has 6 aromatic carbocycles. The molecular formula is C66H86O2Ti. The van der Waals surface area contributed by atoms with Crippen LogP contribution in [-0.2, 0) is 43.4 Å². The molecule has 2 N–H and O–H groups in total. The summed E-state index contributed by atoms with van der Waals surface area (Å²) in [7, 11) is 0. The Balaban J connectivity index is 0.000000288. The first-order chi connectivity index (χ1) is 30.9. The van der Waals surface area contributed by atoms with Crippen LogP contribution in [0.2, 0.25) is 0 Å². The van der Waals surface area contributed by atoms with E-state index in [1.54, 1.807) is 0 Å². The van der Waals surface area contributed by atoms with E-state index < -0.39 is 0 Å². The summed E-state index contributed by atoms with van der Waals surface area (Å²) in [4.78, 5) is 0. The molecule has 0 heterocycles. The predicted octanol–water partition coefficient (Wildman–Crippen LogP) is 18.9. The zero-order valence-electron chi connectivity index (χ0n) is 45.9. The second-order valence-electron chi connectivity index (χ2n) is 24.1. The van der Waals surface area contributed by atoms with Crippen LogP contribution in [0.25, 0.3) is 44.5 Å². The Kier molecular flexibility index (Phi) is 17.9. The molecule has 0 saturated heterocycles. The average molecular weight is 959 g/mol. The van der Waals surface area contributed by atoms with E-state index >= 15 is 0 Å². The van der Waals surface area contributed by atoms with Crippen LogP contribution >= 0.6 is 0 Å². The van der Waals surface area contributed by atoms with E-state index in [0.717, 1.165) is 59.1 Å². The molecule has 366 valence electrons. The zero-order valence-corrected chi connectivity index (χ0v) is 47.5. The first-order valence-electron chi connectivity index (χ1n) is 25.1. The van der Waals surface area contributed by atoms with Crippen molar-refractivity contribution in [1.29, 1.82) is 0 Å². The molecule has 3 heteroatoms. The van der Waals surface area contributed by atoms with Crippen LogP contribution in [0.3, 0.4) is 0 Å². The summed E-state index contributed by atoms with van der Waals surface area (Å²) in [6.45, 7) is 36.0. The second-order valence-corrected chi connectivity index (χ2v) is 24.1. The number of aromatic hydroxyl groups is 2. The summed E-state index contributed by atoms with van der Waals surface area (Å²) in [6, 6.07) is 40.3. The van der Waals surface area contributed by atoms with Gasteiger partial charge in [0.1, 0.15) is 11.5 Å². The molecule has 0 atom stereocenters. The molecule has 0 radical (unpaired) electrons. The van der Waals surface area contributed by atoms with Crippen LogP contribution < -0.4 is 0 Å². The molecule has 0 bridgehead atoms. The molecule has 0 aromatic heterocycles. The van der Waals surface area contributed by atoms with Gasteiger partial charge in [-0.25, -0.2) is 0 Å². The molecule has 2 aliphatic rings. The van der Waals surface area contributed by atoms with Gasteiger partial charge < -0.3 is 25.1 Å². The average Bonchev–Trinajstić information content (AvgIpc) is 3.63. The van der Waals surface area contributed by atoms with Gasteiger partial charge in [0, 0.05) is 33.1 Å². The molecule has 8 rings (SSSR count). The topological polar surface area (TPSA) is 40.5 Å². The Morgan fingerprint density at radius 2 is 0.681 bits per heavy atom. The minimum absolute atomic E-state index is 0. The molecule has 0 fully saturated rings. The maximum absolute atomic E-state index is 11.3. The van der Waals surface area contributed by atoms with Gasteiger partial charge in [-0.3, -0.25) is 0 Å². The van der Waals surface area contributed by atoms with Crippen LogP contribution in [0, 0.1) is 52.4 Å². The third kappa shape index (κ3) is 11.1. The number of hydrogen-bond acceptors (Lipinski definition) is 2. The fourth-order valence-electron chi connectivity index (χ4n) is 12.2. The fraction of sp³-hybridized carbons (Fsp3) is 0.424. The third-order valence-electron chi connectivity index (χ3n) is 14.3. The van der Waals surface area contributed by atoms with Gasteiger partial charge in [-0.15, -0.1) is 0 Å². The molecule has 0 saturated carbocycles. The van der Waals surface area contributed by atoms with E-state index in [0.29, 0.717) is 35.2 Å². The summed E-state index contributed by atoms with van der Waals surface area (Å²) >= 11 is 0. The molecule has 0 amide bonds. The minimum Gasteiger partial charge on any atom is -0.507 e. The zero-order chi connectivity index (χ0) is 48.3. The van der Waals surface area contributed by atoms with E-state index in [1.165, 1.54) is 55.6 Å². The molecule has 2 nitrogen and oxygen atoms in total. The van der Waals surface area contributed by atoms with Crippen molar-refractivity contribution >= 4 is 0 Å². The first-order valence-corrected chi connectivity index (χ1v) is 25.1. The first kappa shape index (κ1) is 57.2. The maximum Gasteiger partial charge on any atom is 2.00 e. The summed E-state index contributed by atoms with van der Waals surface area (Å²) < 4.78 is 0. The predicted molar refractivity (Wildman–Crippen MR) is 297 cm³/mol. The monoisotopic (exact) mass is 959 g/mol. The molecule has 2 aliphatic carbocycles. The van der Waals surface area contributed by atoms with Gasteiger partial charge in [0.15, 0.2) is 0 Å². The molecule has 0 aliphatic heterocycles. The van der Waals surface area contributed by atoms with Crippen LogP contribution in [0.15, 0.2) is 109 Å². The Morgan fingerprint density at radius 1 is 0.391 bits per heavy atom. The van der Waals surface area contributed by atoms with Gasteiger partial charge in [0.25, 0.3) is 0 Å². The van der Waals surface area contributed by atoms with E-state index in [4.69, 9.17) is 0 Å². The number of phenols is 2. The molecule has 69 heavy (non-hydrogen) atoms. The van der Waals surface area contributed by atoms with Gasteiger partial charge in [-0.2, -0.15) is 0 Å². The van der Waals surface area contributed by atoms with E-state index in [-0.39, 0.29) is 58.2 Å². The van der Waals surface area contributed by atoms with Crippen molar-refractivity contribution in [1.82, 2.24) is 0 Å². The van der Waals surface area contributed by atoms with Crippen LogP contribution in [-0.4, -0.2) is 10.2 Å². The van der Waals surface area contributed by atoms with Gasteiger partial charge >= 0.3 is 21.7 Å². The Bertz CT molecular complexity index is 2520. The number of fused-ring (bicyclic) bond motifs is 6. The largest absolute Gasteiger partial charge is 2.00 e. The summed E-state index contributed by atoms with van der Waals surface area (Å²) in [5.74, 6) is 3.19.